The average molecular weight is 688 g/mol. The lowest BCUT2D eigenvalue weighted by Gasteiger charge is -2.54. The normalized spacial score (nSPS) is 24.1. The van der Waals surface area contributed by atoms with E-state index >= 15 is 0 Å². The lowest BCUT2D eigenvalue weighted by molar-refractivity contribution is 0.0557. The summed E-state index contributed by atoms with van der Waals surface area (Å²) in [6, 6.07) is 54.0. The van der Waals surface area contributed by atoms with Gasteiger partial charge in [0.1, 0.15) is 0 Å². The molecule has 6 aromatic carbocycles. The standard InChI is InChI=1S/C52H49N/c1-2-38-31-35-15-12-19-39(32-35)52(38)46-24-9-6-21-42(46)43-28-27-41(34-48(43)52)53(40-20-13-18-37(33-40)36-16-4-3-5-17-36)49-26-14-25-47-50(49)44-22-7-8-23-45(44)51(47)29-10-11-30-51/h3-9,13-14,16-18,20-28,33-35,38-39H,2,10-12,15,19,29-32H2,1H3. The van der Waals surface area contributed by atoms with Gasteiger partial charge in [-0.2, -0.15) is 0 Å². The molecule has 6 aromatic rings. The molecule has 0 saturated heterocycles. The molecule has 5 aliphatic rings. The third-order valence-corrected chi connectivity index (χ3v) is 14.7. The third kappa shape index (κ3) is 4.43. The maximum absolute atomic E-state index is 2.67. The molecule has 0 heterocycles. The van der Waals surface area contributed by atoms with Gasteiger partial charge in [0.15, 0.2) is 0 Å². The van der Waals surface area contributed by atoms with Crippen LogP contribution in [0.4, 0.5) is 17.1 Å². The Bertz CT molecular complexity index is 2360. The van der Waals surface area contributed by atoms with E-state index in [1.165, 1.54) is 120 Å². The molecule has 0 aliphatic heterocycles. The SMILES string of the molecule is CCC1CC2CCCC(C2)C12c1ccccc1-c1ccc(N(c3cccc(-c4ccccc4)c3)c3cccc4c3-c3ccccc3C43CCCC3)cc12. The van der Waals surface area contributed by atoms with E-state index in [-0.39, 0.29) is 10.8 Å². The molecule has 262 valence electrons. The topological polar surface area (TPSA) is 3.24 Å². The molecule has 3 fully saturated rings. The number of fused-ring (bicyclic) bond motifs is 13. The molecule has 0 N–H and O–H groups in total. The number of rotatable bonds is 5. The Morgan fingerprint density at radius 2 is 1.25 bits per heavy atom. The first-order valence-corrected chi connectivity index (χ1v) is 20.6. The number of hydrogen-bond acceptors (Lipinski definition) is 1. The first-order chi connectivity index (χ1) is 26.2. The summed E-state index contributed by atoms with van der Waals surface area (Å²) >= 11 is 0. The van der Waals surface area contributed by atoms with Gasteiger partial charge in [0, 0.05) is 27.8 Å². The second kappa shape index (κ2) is 12.1. The molecular formula is C52H49N. The highest BCUT2D eigenvalue weighted by atomic mass is 15.1. The minimum Gasteiger partial charge on any atom is -0.310 e. The molecule has 2 spiro atoms. The summed E-state index contributed by atoms with van der Waals surface area (Å²) in [6.45, 7) is 2.48. The Balaban J connectivity index is 1.17. The first kappa shape index (κ1) is 31.6. The number of anilines is 3. The summed E-state index contributed by atoms with van der Waals surface area (Å²) in [7, 11) is 0. The van der Waals surface area contributed by atoms with Gasteiger partial charge in [0.25, 0.3) is 0 Å². The minimum atomic E-state index is 0.0737. The molecule has 53 heavy (non-hydrogen) atoms. The summed E-state index contributed by atoms with van der Waals surface area (Å²) in [6.07, 6.45) is 13.2. The van der Waals surface area contributed by atoms with Gasteiger partial charge >= 0.3 is 0 Å². The fraction of sp³-hybridized carbons (Fsp3) is 0.308. The van der Waals surface area contributed by atoms with E-state index in [0.29, 0.717) is 11.8 Å². The van der Waals surface area contributed by atoms with E-state index in [0.717, 1.165) is 5.92 Å². The first-order valence-electron chi connectivity index (χ1n) is 20.6. The Kier molecular flexibility index (Phi) is 7.20. The zero-order valence-electron chi connectivity index (χ0n) is 31.0. The maximum atomic E-state index is 2.67. The molecule has 0 aromatic heterocycles. The van der Waals surface area contributed by atoms with Gasteiger partial charge in [-0.05, 0) is 130 Å². The summed E-state index contributed by atoms with van der Waals surface area (Å²) < 4.78 is 0. The molecule has 0 radical (unpaired) electrons. The molecule has 1 nitrogen and oxygen atoms in total. The highest BCUT2D eigenvalue weighted by Crippen LogP contribution is 2.66. The van der Waals surface area contributed by atoms with E-state index in [9.17, 15) is 0 Å². The largest absolute Gasteiger partial charge is 0.310 e. The lowest BCUT2D eigenvalue weighted by atomic mass is 9.50. The van der Waals surface area contributed by atoms with Gasteiger partial charge in [-0.3, -0.25) is 0 Å². The maximum Gasteiger partial charge on any atom is 0.0543 e. The Morgan fingerprint density at radius 1 is 0.547 bits per heavy atom. The second-order valence-corrected chi connectivity index (χ2v) is 17.0. The van der Waals surface area contributed by atoms with Crippen LogP contribution in [0.2, 0.25) is 0 Å². The molecule has 1 heteroatoms. The molecule has 0 amide bonds. The Labute approximate surface area is 315 Å². The molecular weight excluding hydrogens is 639 g/mol. The van der Waals surface area contributed by atoms with Crippen LogP contribution in [0.5, 0.6) is 0 Å². The van der Waals surface area contributed by atoms with Crippen molar-refractivity contribution in [1.82, 2.24) is 0 Å². The van der Waals surface area contributed by atoms with E-state index < -0.39 is 0 Å². The van der Waals surface area contributed by atoms with Gasteiger partial charge in [-0.25, -0.2) is 0 Å². The summed E-state index contributed by atoms with van der Waals surface area (Å²) in [4.78, 5) is 2.64. The summed E-state index contributed by atoms with van der Waals surface area (Å²) in [5.41, 5.74) is 18.6. The fourth-order valence-corrected chi connectivity index (χ4v) is 12.8. The van der Waals surface area contributed by atoms with Crippen LogP contribution in [0, 0.1) is 17.8 Å². The van der Waals surface area contributed by atoms with Crippen LogP contribution in [0.1, 0.15) is 93.4 Å². The zero-order chi connectivity index (χ0) is 35.1. The summed E-state index contributed by atoms with van der Waals surface area (Å²) in [5, 5.41) is 0. The van der Waals surface area contributed by atoms with Crippen molar-refractivity contribution in [3.05, 3.63) is 162 Å². The fourth-order valence-electron chi connectivity index (χ4n) is 12.8. The van der Waals surface area contributed by atoms with E-state index in [1.807, 2.05) is 0 Å². The molecule has 2 bridgehead atoms. The van der Waals surface area contributed by atoms with Crippen LogP contribution in [0.3, 0.4) is 0 Å². The van der Waals surface area contributed by atoms with Crippen molar-refractivity contribution in [2.45, 2.75) is 82.0 Å². The van der Waals surface area contributed by atoms with Crippen LogP contribution in [-0.4, -0.2) is 0 Å². The van der Waals surface area contributed by atoms with E-state index in [1.54, 1.807) is 16.7 Å². The zero-order valence-corrected chi connectivity index (χ0v) is 31.0. The number of hydrogen-bond donors (Lipinski definition) is 0. The van der Waals surface area contributed by atoms with Crippen molar-refractivity contribution in [1.29, 1.82) is 0 Å². The van der Waals surface area contributed by atoms with E-state index in [2.05, 4.69) is 151 Å². The molecule has 4 atom stereocenters. The molecule has 5 aliphatic carbocycles. The van der Waals surface area contributed by atoms with Crippen LogP contribution >= 0.6 is 0 Å². The predicted molar refractivity (Wildman–Crippen MR) is 221 cm³/mol. The average Bonchev–Trinajstić information content (AvgIpc) is 3.91. The second-order valence-electron chi connectivity index (χ2n) is 17.0. The van der Waals surface area contributed by atoms with Crippen LogP contribution in [0.25, 0.3) is 33.4 Å². The van der Waals surface area contributed by atoms with Crippen LogP contribution in [-0.2, 0) is 10.8 Å². The Hall–Kier alpha value is -4.88. The van der Waals surface area contributed by atoms with Gasteiger partial charge in [-0.15, -0.1) is 0 Å². The Morgan fingerprint density at radius 3 is 2.09 bits per heavy atom. The number of nitrogens with zero attached hydrogens (tertiary/aromatic N) is 1. The van der Waals surface area contributed by atoms with Gasteiger partial charge < -0.3 is 4.90 Å². The molecule has 11 rings (SSSR count). The van der Waals surface area contributed by atoms with Crippen molar-refractivity contribution >= 4 is 17.1 Å². The van der Waals surface area contributed by atoms with Crippen LogP contribution < -0.4 is 4.90 Å². The summed E-state index contributed by atoms with van der Waals surface area (Å²) in [5.74, 6) is 2.24. The third-order valence-electron chi connectivity index (χ3n) is 14.7. The van der Waals surface area contributed by atoms with Gasteiger partial charge in [-0.1, -0.05) is 148 Å². The smallest absolute Gasteiger partial charge is 0.0543 e. The monoisotopic (exact) mass is 687 g/mol. The predicted octanol–water partition coefficient (Wildman–Crippen LogP) is 14.2. The van der Waals surface area contributed by atoms with Crippen molar-refractivity contribution in [3.63, 3.8) is 0 Å². The van der Waals surface area contributed by atoms with Crippen molar-refractivity contribution in [2.75, 3.05) is 4.90 Å². The van der Waals surface area contributed by atoms with E-state index in [4.69, 9.17) is 0 Å². The van der Waals surface area contributed by atoms with Crippen LogP contribution in [0.15, 0.2) is 140 Å². The molecule has 3 saturated carbocycles. The van der Waals surface area contributed by atoms with Crippen molar-refractivity contribution < 1.29 is 0 Å². The lowest BCUT2D eigenvalue weighted by Crippen LogP contribution is -2.48. The minimum absolute atomic E-state index is 0.0737. The quantitative estimate of drug-likeness (QED) is 0.174. The number of benzene rings is 6. The highest BCUT2D eigenvalue weighted by Gasteiger charge is 2.56. The molecule has 4 unspecified atom stereocenters. The van der Waals surface area contributed by atoms with Crippen molar-refractivity contribution in [3.8, 4) is 33.4 Å². The van der Waals surface area contributed by atoms with Gasteiger partial charge in [0.05, 0.1) is 5.69 Å². The van der Waals surface area contributed by atoms with Gasteiger partial charge in [0.2, 0.25) is 0 Å². The van der Waals surface area contributed by atoms with Crippen molar-refractivity contribution in [2.24, 2.45) is 17.8 Å². The highest BCUT2D eigenvalue weighted by molar-refractivity contribution is 5.96.